The van der Waals surface area contributed by atoms with Crippen LogP contribution in [-0.2, 0) is 4.74 Å². The summed E-state index contributed by atoms with van der Waals surface area (Å²) in [5, 5.41) is 6.44. The quantitative estimate of drug-likeness (QED) is 0.461. The first-order valence-electron chi connectivity index (χ1n) is 12.9. The van der Waals surface area contributed by atoms with E-state index in [2.05, 4.69) is 46.5 Å². The van der Waals surface area contributed by atoms with E-state index in [0.29, 0.717) is 16.5 Å². The van der Waals surface area contributed by atoms with Crippen molar-refractivity contribution in [1.29, 1.82) is 0 Å². The van der Waals surface area contributed by atoms with Crippen molar-refractivity contribution < 1.29 is 14.0 Å². The van der Waals surface area contributed by atoms with Gasteiger partial charge in [0.2, 0.25) is 5.95 Å². The molecule has 0 saturated carbocycles. The van der Waals surface area contributed by atoms with Crippen molar-refractivity contribution in [3.05, 3.63) is 60.8 Å². The molecule has 5 rings (SSSR count). The number of anilines is 4. The third-order valence-electron chi connectivity index (χ3n) is 7.58. The first-order valence-corrected chi connectivity index (χ1v) is 12.9. The van der Waals surface area contributed by atoms with Gasteiger partial charge in [-0.15, -0.1) is 0 Å². The molecule has 1 unspecified atom stereocenters. The smallest absolute Gasteiger partial charge is 0.378 e. The van der Waals surface area contributed by atoms with Crippen LogP contribution in [-0.4, -0.2) is 65.9 Å². The molecule has 3 aromatic rings. The molecule has 0 bridgehead atoms. The molecule has 2 N–H and O–H groups in total. The third kappa shape index (κ3) is 5.05. The number of aromatic nitrogens is 2. The van der Waals surface area contributed by atoms with Crippen molar-refractivity contribution >= 4 is 29.0 Å². The van der Waals surface area contributed by atoms with E-state index in [1.165, 1.54) is 5.69 Å². The van der Waals surface area contributed by atoms with E-state index in [-0.39, 0.29) is 6.03 Å². The van der Waals surface area contributed by atoms with E-state index in [1.807, 2.05) is 42.5 Å². The van der Waals surface area contributed by atoms with E-state index < -0.39 is 0 Å². The first-order chi connectivity index (χ1) is 17.6. The second-order valence-corrected chi connectivity index (χ2v) is 9.61. The van der Waals surface area contributed by atoms with Crippen molar-refractivity contribution in [1.82, 2.24) is 9.97 Å². The lowest BCUT2D eigenvalue weighted by Gasteiger charge is -2.34. The monoisotopic (exact) mass is 487 g/mol. The fourth-order valence-electron chi connectivity index (χ4n) is 5.30. The Morgan fingerprint density at radius 1 is 1.06 bits per heavy atom. The van der Waals surface area contributed by atoms with Gasteiger partial charge in [0.15, 0.2) is 0 Å². The molecule has 0 spiro atoms. The fourth-order valence-corrected chi connectivity index (χ4v) is 5.30. The summed E-state index contributed by atoms with van der Waals surface area (Å²) in [5.74, 6) is 0.543. The molecule has 2 amide bonds. The van der Waals surface area contributed by atoms with Gasteiger partial charge >= 0.3 is 6.03 Å². The predicted molar refractivity (Wildman–Crippen MR) is 144 cm³/mol. The van der Waals surface area contributed by atoms with Gasteiger partial charge in [0.1, 0.15) is 0 Å². The van der Waals surface area contributed by atoms with Crippen LogP contribution in [0.3, 0.4) is 0 Å². The van der Waals surface area contributed by atoms with Crippen molar-refractivity contribution in [3.8, 4) is 11.3 Å². The number of urea groups is 1. The zero-order valence-corrected chi connectivity index (χ0v) is 21.1. The Morgan fingerprint density at radius 3 is 2.44 bits per heavy atom. The van der Waals surface area contributed by atoms with E-state index >= 15 is 0 Å². The summed E-state index contributed by atoms with van der Waals surface area (Å²) in [4.78, 5) is 24.5. The molecule has 3 heterocycles. The van der Waals surface area contributed by atoms with E-state index in [0.717, 1.165) is 74.9 Å². The SMILES string of the molecule is CC[N+]1(C(=O)Nc2ccc(-c3ccnc(Nc4ccc(N5CCOCC5)cc4)n3)cc2)CCC[C@H]1C. The summed E-state index contributed by atoms with van der Waals surface area (Å²) < 4.78 is 5.95. The molecule has 2 saturated heterocycles. The average Bonchev–Trinajstić information content (AvgIpc) is 3.31. The molecule has 0 radical (unpaired) electrons. The van der Waals surface area contributed by atoms with Crippen LogP contribution >= 0.6 is 0 Å². The summed E-state index contributed by atoms with van der Waals surface area (Å²) in [6.07, 6.45) is 3.96. The van der Waals surface area contributed by atoms with Crippen LogP contribution in [0.2, 0.25) is 0 Å². The van der Waals surface area contributed by atoms with Crippen LogP contribution < -0.4 is 15.5 Å². The van der Waals surface area contributed by atoms with Crippen molar-refractivity contribution in [2.24, 2.45) is 0 Å². The van der Waals surface area contributed by atoms with E-state index in [1.54, 1.807) is 6.20 Å². The zero-order valence-electron chi connectivity index (χ0n) is 21.1. The number of benzene rings is 2. The summed E-state index contributed by atoms with van der Waals surface area (Å²) in [6, 6.07) is 18.5. The van der Waals surface area contributed by atoms with Crippen molar-refractivity contribution in [3.63, 3.8) is 0 Å². The average molecular weight is 488 g/mol. The number of morpholine rings is 1. The molecular formula is C28H35N6O2+. The zero-order chi connectivity index (χ0) is 25.0. The summed E-state index contributed by atoms with van der Waals surface area (Å²) in [7, 11) is 0. The molecule has 2 aromatic carbocycles. The van der Waals surface area contributed by atoms with Gasteiger partial charge in [-0.05, 0) is 56.3 Å². The number of hydrogen-bond donors (Lipinski definition) is 2. The predicted octanol–water partition coefficient (Wildman–Crippen LogP) is 5.27. The minimum atomic E-state index is 0.0865. The van der Waals surface area contributed by atoms with Crippen LogP contribution in [0.15, 0.2) is 60.8 Å². The van der Waals surface area contributed by atoms with Gasteiger partial charge in [-0.1, -0.05) is 12.1 Å². The van der Waals surface area contributed by atoms with Gasteiger partial charge in [-0.25, -0.2) is 19.2 Å². The highest BCUT2D eigenvalue weighted by Crippen LogP contribution is 2.29. The standard InChI is InChI=1S/C28H34N6O2/c1-3-34(18-4-5-21(34)2)28(35)31-24-8-6-22(7-9-24)26-14-15-29-27(32-26)30-23-10-12-25(13-11-23)33-16-19-36-20-17-33/h6-15,21H,3-5,16-20H2,1-2H3,(H-,29,30,31,32,35)/p+1/t21-,34?/m1/s1. The van der Waals surface area contributed by atoms with E-state index in [4.69, 9.17) is 9.72 Å². The highest BCUT2D eigenvalue weighted by Gasteiger charge is 2.44. The molecule has 1 aromatic heterocycles. The lowest BCUT2D eigenvalue weighted by atomic mass is 10.1. The third-order valence-corrected chi connectivity index (χ3v) is 7.58. The second kappa shape index (κ2) is 10.6. The molecule has 2 aliphatic heterocycles. The molecule has 2 fully saturated rings. The number of likely N-dealkylation sites (tertiary alicyclic amines) is 1. The molecule has 2 aliphatic rings. The molecule has 2 atom stereocenters. The van der Waals surface area contributed by atoms with Crippen LogP contribution in [0.4, 0.5) is 27.8 Å². The lowest BCUT2D eigenvalue weighted by molar-refractivity contribution is -0.856. The van der Waals surface area contributed by atoms with Crippen LogP contribution in [0.25, 0.3) is 11.3 Å². The number of nitrogens with zero attached hydrogens (tertiary/aromatic N) is 4. The van der Waals surface area contributed by atoms with Gasteiger partial charge in [0.05, 0.1) is 38.0 Å². The van der Waals surface area contributed by atoms with E-state index in [9.17, 15) is 4.79 Å². The van der Waals surface area contributed by atoms with Gasteiger partial charge in [0, 0.05) is 54.8 Å². The minimum Gasteiger partial charge on any atom is -0.378 e. The topological polar surface area (TPSA) is 79.4 Å². The minimum absolute atomic E-state index is 0.0865. The largest absolute Gasteiger partial charge is 0.421 e. The molecular weight excluding hydrogens is 452 g/mol. The molecule has 0 aliphatic carbocycles. The first kappa shape index (κ1) is 24.2. The Kier molecular flexibility index (Phi) is 7.16. The van der Waals surface area contributed by atoms with Crippen molar-refractivity contribution in [2.45, 2.75) is 32.7 Å². The number of quaternary nitrogens is 1. The van der Waals surface area contributed by atoms with Gasteiger partial charge < -0.3 is 15.0 Å². The maximum Gasteiger partial charge on any atom is 0.421 e. The van der Waals surface area contributed by atoms with Gasteiger partial charge in [0.25, 0.3) is 0 Å². The Balaban J connectivity index is 1.24. The Bertz CT molecular complexity index is 1180. The molecule has 8 nitrogen and oxygen atoms in total. The Labute approximate surface area is 212 Å². The highest BCUT2D eigenvalue weighted by atomic mass is 16.5. The number of rotatable bonds is 6. The van der Waals surface area contributed by atoms with Crippen LogP contribution in [0.5, 0.6) is 0 Å². The second-order valence-electron chi connectivity index (χ2n) is 9.61. The van der Waals surface area contributed by atoms with Crippen molar-refractivity contribution in [2.75, 3.05) is 54.9 Å². The number of hydrogen-bond acceptors (Lipinski definition) is 6. The fraction of sp³-hybridized carbons (Fsp3) is 0.393. The molecule has 36 heavy (non-hydrogen) atoms. The van der Waals surface area contributed by atoms with Crippen LogP contribution in [0.1, 0.15) is 26.7 Å². The number of nitrogens with one attached hydrogen (secondary N) is 2. The maximum atomic E-state index is 13.1. The molecule has 8 heteroatoms. The number of carbonyl (C=O) groups excluding carboxylic acids is 1. The Hall–Kier alpha value is -3.49. The number of ether oxygens (including phenoxy) is 1. The number of amides is 2. The normalized spacial score (nSPS) is 21.8. The number of carbonyl (C=O) groups is 1. The maximum absolute atomic E-state index is 13.1. The Morgan fingerprint density at radius 2 is 1.78 bits per heavy atom. The summed E-state index contributed by atoms with van der Waals surface area (Å²) >= 11 is 0. The van der Waals surface area contributed by atoms with Gasteiger partial charge in [-0.3, -0.25) is 5.32 Å². The lowest BCUT2D eigenvalue weighted by Crippen LogP contribution is -2.56. The molecule has 188 valence electrons. The van der Waals surface area contributed by atoms with Gasteiger partial charge in [-0.2, -0.15) is 0 Å². The highest BCUT2D eigenvalue weighted by molar-refractivity contribution is 5.85. The summed E-state index contributed by atoms with van der Waals surface area (Å²) in [5.41, 5.74) is 4.72. The summed E-state index contributed by atoms with van der Waals surface area (Å²) in [6.45, 7) is 9.38. The van der Waals surface area contributed by atoms with Crippen LogP contribution in [0, 0.1) is 0 Å².